The summed E-state index contributed by atoms with van der Waals surface area (Å²) in [6.45, 7) is 0.221. The zero-order valence-electron chi connectivity index (χ0n) is 18.8. The molecule has 0 bridgehead atoms. The Morgan fingerprint density at radius 3 is 2.44 bits per heavy atom. The summed E-state index contributed by atoms with van der Waals surface area (Å²) < 4.78 is 0. The van der Waals surface area contributed by atoms with Gasteiger partial charge in [-0.15, -0.1) is 0 Å². The number of hydrogen-bond acceptors (Lipinski definition) is 3. The lowest BCUT2D eigenvalue weighted by Crippen LogP contribution is -2.27. The van der Waals surface area contributed by atoms with E-state index in [1.54, 1.807) is 18.2 Å². The molecule has 0 unspecified atom stereocenters. The van der Waals surface area contributed by atoms with Crippen LogP contribution in [-0.4, -0.2) is 34.4 Å². The van der Waals surface area contributed by atoms with Crippen molar-refractivity contribution >= 4 is 46.0 Å². The third kappa shape index (κ3) is 6.17. The van der Waals surface area contributed by atoms with Crippen molar-refractivity contribution in [2.24, 2.45) is 5.92 Å². The lowest BCUT2D eigenvalue weighted by molar-refractivity contribution is -0.138. The number of carbonyl (C=O) groups excluding carboxylic acids is 2. The van der Waals surface area contributed by atoms with Crippen LogP contribution < -0.4 is 10.6 Å². The average molecular weight is 482 g/mol. The Kier molecular flexibility index (Phi) is 7.53. The number of nitrogens with one attached hydrogen (secondary N) is 3. The zero-order chi connectivity index (χ0) is 24.1. The number of hydrogen-bond donors (Lipinski definition) is 4. The number of carbonyl (C=O) groups is 3. The van der Waals surface area contributed by atoms with Crippen LogP contribution in [0.4, 0.5) is 5.69 Å². The minimum absolute atomic E-state index is 0.160. The molecular formula is C26H28ClN3O4. The normalized spacial score (nSPS) is 17.9. The smallest absolute Gasteiger partial charge is 0.303 e. The number of rotatable bonds is 8. The van der Waals surface area contributed by atoms with Gasteiger partial charge in [-0.05, 0) is 79.5 Å². The number of amides is 2. The molecule has 1 aliphatic rings. The number of aromatic nitrogens is 1. The van der Waals surface area contributed by atoms with Crippen LogP contribution in [0.15, 0.2) is 48.5 Å². The Morgan fingerprint density at radius 1 is 1.00 bits per heavy atom. The molecule has 1 saturated carbocycles. The highest BCUT2D eigenvalue weighted by Crippen LogP contribution is 2.37. The Bertz CT molecular complexity index is 1180. The van der Waals surface area contributed by atoms with Crippen molar-refractivity contribution in [3.05, 3.63) is 64.8 Å². The van der Waals surface area contributed by atoms with Gasteiger partial charge < -0.3 is 20.7 Å². The summed E-state index contributed by atoms with van der Waals surface area (Å²) in [7, 11) is 0. The number of benzene rings is 2. The van der Waals surface area contributed by atoms with Crippen molar-refractivity contribution in [1.29, 1.82) is 0 Å². The fourth-order valence-electron chi connectivity index (χ4n) is 4.62. The van der Waals surface area contributed by atoms with Crippen LogP contribution in [0.25, 0.3) is 10.9 Å². The molecule has 1 fully saturated rings. The van der Waals surface area contributed by atoms with E-state index in [2.05, 4.69) is 15.6 Å². The first-order valence-corrected chi connectivity index (χ1v) is 11.9. The quantitative estimate of drug-likeness (QED) is 0.348. The second-order valence-corrected chi connectivity index (χ2v) is 9.34. The molecule has 1 aliphatic carbocycles. The molecule has 8 heteroatoms. The number of aromatic amines is 1. The van der Waals surface area contributed by atoms with E-state index >= 15 is 0 Å². The SMILES string of the molecule is O=C(O)CC1CCC(c2ccc(NC(=O)CCNC(=O)c3cc4cc(Cl)ccc4[nH]3)cc2)CC1. The Morgan fingerprint density at radius 2 is 1.74 bits per heavy atom. The van der Waals surface area contributed by atoms with Gasteiger partial charge in [0.25, 0.3) is 5.91 Å². The van der Waals surface area contributed by atoms with Crippen LogP contribution in [0.1, 0.15) is 60.5 Å². The maximum Gasteiger partial charge on any atom is 0.303 e. The third-order valence-electron chi connectivity index (χ3n) is 6.44. The van der Waals surface area contributed by atoms with E-state index in [9.17, 15) is 14.4 Å². The average Bonchev–Trinajstić information content (AvgIpc) is 3.23. The van der Waals surface area contributed by atoms with Gasteiger partial charge in [0.2, 0.25) is 5.91 Å². The molecule has 2 aromatic carbocycles. The Balaban J connectivity index is 1.21. The van der Waals surface area contributed by atoms with Crippen LogP contribution in [0.3, 0.4) is 0 Å². The highest BCUT2D eigenvalue weighted by atomic mass is 35.5. The molecule has 4 N–H and O–H groups in total. The van der Waals surface area contributed by atoms with E-state index in [0.717, 1.165) is 36.6 Å². The van der Waals surface area contributed by atoms with Crippen molar-refractivity contribution in [2.45, 2.75) is 44.4 Å². The minimum Gasteiger partial charge on any atom is -0.481 e. The molecule has 0 radical (unpaired) electrons. The summed E-state index contributed by atoms with van der Waals surface area (Å²) in [5, 5.41) is 16.0. The van der Waals surface area contributed by atoms with E-state index in [1.165, 1.54) is 5.56 Å². The lowest BCUT2D eigenvalue weighted by Gasteiger charge is -2.28. The van der Waals surface area contributed by atoms with Gasteiger partial charge in [0, 0.05) is 41.0 Å². The lowest BCUT2D eigenvalue weighted by atomic mass is 9.77. The summed E-state index contributed by atoms with van der Waals surface area (Å²) in [5.41, 5.74) is 3.18. The van der Waals surface area contributed by atoms with E-state index in [-0.39, 0.29) is 37.1 Å². The summed E-state index contributed by atoms with van der Waals surface area (Å²) >= 11 is 5.98. The zero-order valence-corrected chi connectivity index (χ0v) is 19.5. The molecule has 0 spiro atoms. The molecule has 3 aromatic rings. The summed E-state index contributed by atoms with van der Waals surface area (Å²) in [6, 6.07) is 14.9. The molecule has 1 heterocycles. The molecule has 0 atom stereocenters. The van der Waals surface area contributed by atoms with Crippen LogP contribution >= 0.6 is 11.6 Å². The van der Waals surface area contributed by atoms with Crippen molar-refractivity contribution in [1.82, 2.24) is 10.3 Å². The molecule has 2 amide bonds. The van der Waals surface area contributed by atoms with Gasteiger partial charge in [0.05, 0.1) is 0 Å². The van der Waals surface area contributed by atoms with Gasteiger partial charge >= 0.3 is 5.97 Å². The monoisotopic (exact) mass is 481 g/mol. The van der Waals surface area contributed by atoms with Gasteiger partial charge in [-0.25, -0.2) is 0 Å². The number of carboxylic acid groups (broad SMARTS) is 1. The Hall–Kier alpha value is -3.32. The molecule has 178 valence electrons. The second kappa shape index (κ2) is 10.7. The topological polar surface area (TPSA) is 111 Å². The fourth-order valence-corrected chi connectivity index (χ4v) is 4.80. The predicted octanol–water partition coefficient (Wildman–Crippen LogP) is 5.33. The van der Waals surface area contributed by atoms with Gasteiger partial charge in [-0.1, -0.05) is 23.7 Å². The maximum absolute atomic E-state index is 12.4. The van der Waals surface area contributed by atoms with E-state index < -0.39 is 5.97 Å². The van der Waals surface area contributed by atoms with Crippen LogP contribution in [0.2, 0.25) is 5.02 Å². The largest absolute Gasteiger partial charge is 0.481 e. The molecule has 1 aromatic heterocycles. The molecule has 4 rings (SSSR count). The van der Waals surface area contributed by atoms with E-state index in [1.807, 2.05) is 30.3 Å². The second-order valence-electron chi connectivity index (χ2n) is 8.91. The van der Waals surface area contributed by atoms with Crippen LogP contribution in [0.5, 0.6) is 0 Å². The first kappa shape index (κ1) is 23.8. The number of fused-ring (bicyclic) bond motifs is 1. The third-order valence-corrected chi connectivity index (χ3v) is 6.68. The Labute approximate surface area is 202 Å². The fraction of sp³-hybridized carbons (Fsp3) is 0.346. The number of carboxylic acids is 1. The highest BCUT2D eigenvalue weighted by molar-refractivity contribution is 6.31. The minimum atomic E-state index is -0.716. The predicted molar refractivity (Wildman–Crippen MR) is 132 cm³/mol. The van der Waals surface area contributed by atoms with Gasteiger partial charge in [-0.3, -0.25) is 14.4 Å². The standard InChI is InChI=1S/C26H28ClN3O4/c27-20-7-10-22-19(14-20)15-23(30-22)26(34)28-12-11-24(31)29-21-8-5-18(6-9-21)17-3-1-16(2-4-17)13-25(32)33/h5-10,14-17,30H,1-4,11-13H2,(H,28,34)(H,29,31)(H,32,33). The van der Waals surface area contributed by atoms with Crippen molar-refractivity contribution < 1.29 is 19.5 Å². The summed E-state index contributed by atoms with van der Waals surface area (Å²) in [5.74, 6) is -0.451. The van der Waals surface area contributed by atoms with E-state index in [4.69, 9.17) is 16.7 Å². The first-order valence-electron chi connectivity index (χ1n) is 11.6. The highest BCUT2D eigenvalue weighted by Gasteiger charge is 2.24. The first-order chi connectivity index (χ1) is 16.4. The van der Waals surface area contributed by atoms with Crippen LogP contribution in [0, 0.1) is 5.92 Å². The number of H-pyrrole nitrogens is 1. The summed E-state index contributed by atoms with van der Waals surface area (Å²) in [4.78, 5) is 38.6. The van der Waals surface area contributed by atoms with Gasteiger partial charge in [0.15, 0.2) is 0 Å². The number of halogens is 1. The van der Waals surface area contributed by atoms with Crippen molar-refractivity contribution in [2.75, 3.05) is 11.9 Å². The van der Waals surface area contributed by atoms with Gasteiger partial charge in [-0.2, -0.15) is 0 Å². The van der Waals surface area contributed by atoms with Crippen molar-refractivity contribution in [3.63, 3.8) is 0 Å². The van der Waals surface area contributed by atoms with E-state index in [0.29, 0.717) is 22.3 Å². The molecule has 34 heavy (non-hydrogen) atoms. The maximum atomic E-state index is 12.4. The molecule has 7 nitrogen and oxygen atoms in total. The molecule has 0 aliphatic heterocycles. The molecular weight excluding hydrogens is 454 g/mol. The molecule has 0 saturated heterocycles. The number of aliphatic carboxylic acids is 1. The van der Waals surface area contributed by atoms with Crippen molar-refractivity contribution in [3.8, 4) is 0 Å². The van der Waals surface area contributed by atoms with Gasteiger partial charge in [0.1, 0.15) is 5.69 Å². The van der Waals surface area contributed by atoms with Crippen LogP contribution in [-0.2, 0) is 9.59 Å². The summed E-state index contributed by atoms with van der Waals surface area (Å²) in [6.07, 6.45) is 4.28. The number of anilines is 1.